The minimum Gasteiger partial charge on any atom is -0.436 e. The number of oxazole rings is 1. The summed E-state index contributed by atoms with van der Waals surface area (Å²) >= 11 is 12.2. The molecule has 0 aliphatic carbocycles. The Morgan fingerprint density at radius 3 is 2.52 bits per heavy atom. The molecule has 3 aromatic rings. The topological polar surface area (TPSA) is 118 Å². The second-order valence-corrected chi connectivity index (χ2v) is 8.46. The van der Waals surface area contributed by atoms with E-state index < -0.39 is 0 Å². The van der Waals surface area contributed by atoms with Crippen LogP contribution in [0.15, 0.2) is 27.1 Å². The van der Waals surface area contributed by atoms with Crippen LogP contribution in [0.1, 0.15) is 28.6 Å². The van der Waals surface area contributed by atoms with E-state index in [0.29, 0.717) is 59.2 Å². The van der Waals surface area contributed by atoms with Crippen molar-refractivity contribution in [1.82, 2.24) is 25.3 Å². The van der Waals surface area contributed by atoms with Gasteiger partial charge in [0.15, 0.2) is 5.89 Å². The Labute approximate surface area is 199 Å². The molecule has 1 N–H and O–H groups in total. The minimum absolute atomic E-state index is 0.153. The number of halogens is 2. The van der Waals surface area contributed by atoms with Crippen LogP contribution in [0.3, 0.4) is 0 Å². The number of carbonyl (C=O) groups excluding carboxylic acids is 2. The zero-order valence-electron chi connectivity index (χ0n) is 18.1. The molecule has 33 heavy (non-hydrogen) atoms. The van der Waals surface area contributed by atoms with Gasteiger partial charge in [0.1, 0.15) is 0 Å². The molecular formula is C21H22Cl2N6O4. The van der Waals surface area contributed by atoms with Gasteiger partial charge in [-0.25, -0.2) is 4.98 Å². The number of hydrogen-bond donors (Lipinski definition) is 1. The molecule has 1 saturated heterocycles. The van der Waals surface area contributed by atoms with E-state index in [1.807, 2.05) is 4.90 Å². The lowest BCUT2D eigenvalue weighted by Gasteiger charge is -2.28. The summed E-state index contributed by atoms with van der Waals surface area (Å²) in [5.41, 5.74) is 1.13. The van der Waals surface area contributed by atoms with Gasteiger partial charge >= 0.3 is 6.01 Å². The van der Waals surface area contributed by atoms with Crippen LogP contribution < -0.4 is 10.2 Å². The van der Waals surface area contributed by atoms with Gasteiger partial charge in [-0.2, -0.15) is 4.98 Å². The Morgan fingerprint density at radius 2 is 1.82 bits per heavy atom. The summed E-state index contributed by atoms with van der Waals surface area (Å²) in [6.07, 6.45) is 0.193. The summed E-state index contributed by atoms with van der Waals surface area (Å²) in [5.74, 6) is 0.447. The Bertz CT molecular complexity index is 1160. The lowest BCUT2D eigenvalue weighted by Crippen LogP contribution is -2.45. The monoisotopic (exact) mass is 492 g/mol. The molecule has 0 bridgehead atoms. The highest BCUT2D eigenvalue weighted by Gasteiger charge is 2.26. The first-order valence-corrected chi connectivity index (χ1v) is 11.1. The zero-order chi connectivity index (χ0) is 23.5. The van der Waals surface area contributed by atoms with Gasteiger partial charge in [0.05, 0.1) is 5.69 Å². The number of nitrogens with one attached hydrogen (secondary N) is 1. The van der Waals surface area contributed by atoms with Gasteiger partial charge in [-0.15, -0.1) is 0 Å². The van der Waals surface area contributed by atoms with Crippen LogP contribution in [-0.2, 0) is 4.79 Å². The van der Waals surface area contributed by atoms with E-state index in [1.54, 1.807) is 36.9 Å². The summed E-state index contributed by atoms with van der Waals surface area (Å²) in [7, 11) is 0. The third-order valence-electron chi connectivity index (χ3n) is 5.14. The quantitative estimate of drug-likeness (QED) is 0.592. The number of benzene rings is 1. The van der Waals surface area contributed by atoms with Crippen molar-refractivity contribution in [2.24, 2.45) is 0 Å². The van der Waals surface area contributed by atoms with Gasteiger partial charge in [0.2, 0.25) is 17.5 Å². The van der Waals surface area contributed by atoms with Crippen molar-refractivity contribution in [2.75, 3.05) is 37.6 Å². The first-order chi connectivity index (χ1) is 15.8. The van der Waals surface area contributed by atoms with E-state index in [4.69, 9.17) is 32.1 Å². The predicted molar refractivity (Wildman–Crippen MR) is 121 cm³/mol. The van der Waals surface area contributed by atoms with Gasteiger partial charge < -0.3 is 24.1 Å². The van der Waals surface area contributed by atoms with Gasteiger partial charge in [-0.1, -0.05) is 28.4 Å². The molecule has 2 amide bonds. The molecular weight excluding hydrogens is 471 g/mol. The molecule has 0 unspecified atom stereocenters. The number of carbonyl (C=O) groups is 2. The molecule has 10 nitrogen and oxygen atoms in total. The summed E-state index contributed by atoms with van der Waals surface area (Å²) in [5, 5.41) is 7.79. The van der Waals surface area contributed by atoms with E-state index in [-0.39, 0.29) is 36.6 Å². The van der Waals surface area contributed by atoms with E-state index in [2.05, 4.69) is 20.4 Å². The van der Waals surface area contributed by atoms with Crippen LogP contribution in [0.25, 0.3) is 11.4 Å². The SMILES string of the molecule is Cc1nc(C)c(C(=O)N2CCC(=O)NCCN(c3nc(-c4cc(Cl)cc(Cl)c4)no3)CC2)o1. The highest BCUT2D eigenvalue weighted by atomic mass is 35.5. The summed E-state index contributed by atoms with van der Waals surface area (Å²) < 4.78 is 11.0. The Balaban J connectivity index is 1.55. The number of aryl methyl sites for hydroxylation is 2. The van der Waals surface area contributed by atoms with Crippen molar-refractivity contribution in [3.63, 3.8) is 0 Å². The lowest BCUT2D eigenvalue weighted by atomic mass is 10.2. The highest BCUT2D eigenvalue weighted by Crippen LogP contribution is 2.27. The standard InChI is InChI=1S/C21H22Cl2N6O4/c1-12-18(32-13(2)25-12)20(31)28-5-3-17(30)24-4-6-29(8-7-28)21-26-19(27-33-21)14-9-15(22)11-16(23)10-14/h9-11H,3-8H2,1-2H3,(H,24,30). The van der Waals surface area contributed by atoms with Crippen LogP contribution in [-0.4, -0.2) is 64.6 Å². The lowest BCUT2D eigenvalue weighted by molar-refractivity contribution is -0.121. The minimum atomic E-state index is -0.318. The van der Waals surface area contributed by atoms with Crippen molar-refractivity contribution in [3.8, 4) is 11.4 Å². The van der Waals surface area contributed by atoms with Gasteiger partial charge in [0.25, 0.3) is 5.91 Å². The van der Waals surface area contributed by atoms with Crippen molar-refractivity contribution in [1.29, 1.82) is 0 Å². The molecule has 3 heterocycles. The normalized spacial score (nSPS) is 15.5. The number of nitrogens with zero attached hydrogens (tertiary/aromatic N) is 5. The van der Waals surface area contributed by atoms with Gasteiger partial charge in [0, 0.05) is 61.7 Å². The second kappa shape index (κ2) is 9.80. The maximum absolute atomic E-state index is 13.1. The van der Waals surface area contributed by atoms with Crippen molar-refractivity contribution in [3.05, 3.63) is 45.6 Å². The number of aromatic nitrogens is 3. The summed E-state index contributed by atoms with van der Waals surface area (Å²) in [6.45, 7) is 5.19. The molecule has 1 fully saturated rings. The largest absolute Gasteiger partial charge is 0.436 e. The average molecular weight is 493 g/mol. The number of hydrogen-bond acceptors (Lipinski definition) is 8. The van der Waals surface area contributed by atoms with Crippen LogP contribution in [0.2, 0.25) is 10.0 Å². The Hall–Kier alpha value is -3.11. The zero-order valence-corrected chi connectivity index (χ0v) is 19.6. The summed E-state index contributed by atoms with van der Waals surface area (Å²) in [6, 6.07) is 5.25. The van der Waals surface area contributed by atoms with E-state index >= 15 is 0 Å². The molecule has 0 radical (unpaired) electrons. The third kappa shape index (κ3) is 5.45. The maximum Gasteiger partial charge on any atom is 0.324 e. The third-order valence-corrected chi connectivity index (χ3v) is 5.58. The maximum atomic E-state index is 13.1. The molecule has 0 spiro atoms. The first kappa shape index (κ1) is 23.1. The fraction of sp³-hybridized carbons (Fsp3) is 0.381. The van der Waals surface area contributed by atoms with Crippen LogP contribution in [0, 0.1) is 13.8 Å². The molecule has 1 aliphatic heterocycles. The van der Waals surface area contributed by atoms with Gasteiger partial charge in [-0.05, 0) is 25.1 Å². The van der Waals surface area contributed by atoms with Crippen molar-refractivity contribution < 1.29 is 18.5 Å². The van der Waals surface area contributed by atoms with E-state index in [9.17, 15) is 9.59 Å². The Morgan fingerprint density at radius 1 is 1.06 bits per heavy atom. The molecule has 0 saturated carbocycles. The highest BCUT2D eigenvalue weighted by molar-refractivity contribution is 6.35. The fourth-order valence-electron chi connectivity index (χ4n) is 3.53. The van der Waals surface area contributed by atoms with Crippen LogP contribution >= 0.6 is 23.2 Å². The van der Waals surface area contributed by atoms with Gasteiger partial charge in [-0.3, -0.25) is 9.59 Å². The molecule has 0 atom stereocenters. The van der Waals surface area contributed by atoms with Crippen molar-refractivity contribution in [2.45, 2.75) is 20.3 Å². The predicted octanol–water partition coefficient (Wildman–Crippen LogP) is 3.12. The number of amides is 2. The van der Waals surface area contributed by atoms with E-state index in [0.717, 1.165) is 0 Å². The average Bonchev–Trinajstić information content (AvgIpc) is 3.37. The Kier molecular flexibility index (Phi) is 6.85. The molecule has 2 aromatic heterocycles. The molecule has 4 rings (SSSR count). The van der Waals surface area contributed by atoms with E-state index in [1.165, 1.54) is 0 Å². The smallest absolute Gasteiger partial charge is 0.324 e. The summed E-state index contributed by atoms with van der Waals surface area (Å²) in [4.78, 5) is 37.3. The second-order valence-electron chi connectivity index (χ2n) is 7.59. The molecule has 174 valence electrons. The molecule has 1 aromatic carbocycles. The van der Waals surface area contributed by atoms with Crippen LogP contribution in [0.5, 0.6) is 0 Å². The molecule has 1 aliphatic rings. The fourth-order valence-corrected chi connectivity index (χ4v) is 4.06. The molecule has 12 heteroatoms. The van der Waals surface area contributed by atoms with Crippen LogP contribution in [0.4, 0.5) is 6.01 Å². The number of anilines is 1. The number of rotatable bonds is 3. The van der Waals surface area contributed by atoms with Crippen molar-refractivity contribution >= 4 is 41.0 Å². The first-order valence-electron chi connectivity index (χ1n) is 10.4.